The number of hydrogen-bond donors (Lipinski definition) is 1. The van der Waals surface area contributed by atoms with Crippen LogP contribution >= 0.6 is 0 Å². The molecule has 1 heteroatoms. The number of fused-ring (bicyclic) bond motifs is 5. The highest BCUT2D eigenvalue weighted by Crippen LogP contribution is 2.63. The summed E-state index contributed by atoms with van der Waals surface area (Å²) in [4.78, 5) is 0. The Labute approximate surface area is 143 Å². The van der Waals surface area contributed by atoms with Crippen LogP contribution in [0.5, 0.6) is 0 Å². The van der Waals surface area contributed by atoms with Crippen LogP contribution in [-0.4, -0.2) is 11.2 Å². The van der Waals surface area contributed by atoms with Gasteiger partial charge in [0.25, 0.3) is 0 Å². The fourth-order valence-corrected chi connectivity index (χ4v) is 8.12. The van der Waals surface area contributed by atoms with E-state index in [-0.39, 0.29) is 6.10 Å². The summed E-state index contributed by atoms with van der Waals surface area (Å²) in [5.41, 5.74) is 0.433. The standard InChI is InChI=1S/C22H38O/c1-14-7-9-17-16(13-14)8-10-19-18(17)11-12-22(3)20(15(2)23)5-4-6-21(19)22/h14-21,23H,4-13H2,1-3H3. The Morgan fingerprint density at radius 2 is 1.70 bits per heavy atom. The molecular weight excluding hydrogens is 280 g/mol. The number of aliphatic hydroxyl groups is 1. The summed E-state index contributed by atoms with van der Waals surface area (Å²) in [5.74, 6) is 6.59. The molecule has 9 unspecified atom stereocenters. The van der Waals surface area contributed by atoms with E-state index in [4.69, 9.17) is 0 Å². The molecule has 4 rings (SSSR count). The minimum atomic E-state index is -0.105. The number of aliphatic hydroxyl groups excluding tert-OH is 1. The Morgan fingerprint density at radius 3 is 2.48 bits per heavy atom. The Bertz CT molecular complexity index is 430. The van der Waals surface area contributed by atoms with E-state index >= 15 is 0 Å². The summed E-state index contributed by atoms with van der Waals surface area (Å²) >= 11 is 0. The molecule has 4 aliphatic rings. The first-order chi connectivity index (χ1) is 11.0. The fraction of sp³-hybridized carbons (Fsp3) is 1.00. The highest BCUT2D eigenvalue weighted by molar-refractivity contribution is 5.05. The van der Waals surface area contributed by atoms with Crippen LogP contribution in [0, 0.1) is 46.8 Å². The summed E-state index contributed by atoms with van der Waals surface area (Å²) in [6, 6.07) is 0. The van der Waals surface area contributed by atoms with Crippen LogP contribution in [0.3, 0.4) is 0 Å². The monoisotopic (exact) mass is 318 g/mol. The predicted molar refractivity (Wildman–Crippen MR) is 96.1 cm³/mol. The van der Waals surface area contributed by atoms with E-state index in [1.54, 1.807) is 0 Å². The first-order valence-electron chi connectivity index (χ1n) is 10.7. The van der Waals surface area contributed by atoms with Gasteiger partial charge < -0.3 is 5.11 Å². The maximum atomic E-state index is 10.4. The molecule has 0 aromatic carbocycles. The minimum absolute atomic E-state index is 0.105. The highest BCUT2D eigenvalue weighted by atomic mass is 16.3. The number of hydrogen-bond acceptors (Lipinski definition) is 1. The highest BCUT2D eigenvalue weighted by Gasteiger charge is 2.55. The summed E-state index contributed by atoms with van der Waals surface area (Å²) in [5, 5.41) is 10.4. The van der Waals surface area contributed by atoms with Crippen molar-refractivity contribution in [2.45, 2.75) is 91.1 Å². The molecule has 0 heterocycles. The zero-order valence-corrected chi connectivity index (χ0v) is 15.6. The molecule has 4 aliphatic carbocycles. The second-order valence-corrected chi connectivity index (χ2v) is 10.2. The molecule has 132 valence electrons. The van der Waals surface area contributed by atoms with Crippen LogP contribution in [0.25, 0.3) is 0 Å². The van der Waals surface area contributed by atoms with Crippen molar-refractivity contribution in [2.24, 2.45) is 46.8 Å². The first-order valence-corrected chi connectivity index (χ1v) is 10.7. The van der Waals surface area contributed by atoms with Crippen LogP contribution in [0.1, 0.15) is 85.0 Å². The summed E-state index contributed by atoms with van der Waals surface area (Å²) in [6.07, 6.45) is 14.4. The third-order valence-corrected chi connectivity index (χ3v) is 9.11. The van der Waals surface area contributed by atoms with E-state index < -0.39 is 0 Å². The summed E-state index contributed by atoms with van der Waals surface area (Å²) in [7, 11) is 0. The van der Waals surface area contributed by atoms with Crippen molar-refractivity contribution in [2.75, 3.05) is 0 Å². The summed E-state index contributed by atoms with van der Waals surface area (Å²) < 4.78 is 0. The lowest BCUT2D eigenvalue weighted by Crippen LogP contribution is -2.54. The zero-order valence-electron chi connectivity index (χ0n) is 15.6. The van der Waals surface area contributed by atoms with Gasteiger partial charge in [0, 0.05) is 0 Å². The fourth-order valence-electron chi connectivity index (χ4n) is 8.12. The lowest BCUT2D eigenvalue weighted by Gasteiger charge is -2.61. The van der Waals surface area contributed by atoms with Gasteiger partial charge in [-0.3, -0.25) is 0 Å². The molecule has 4 saturated carbocycles. The topological polar surface area (TPSA) is 20.2 Å². The van der Waals surface area contributed by atoms with Crippen LogP contribution < -0.4 is 0 Å². The molecule has 9 atom stereocenters. The van der Waals surface area contributed by atoms with Crippen molar-refractivity contribution in [1.82, 2.24) is 0 Å². The third kappa shape index (κ3) is 2.60. The van der Waals surface area contributed by atoms with Crippen molar-refractivity contribution in [3.63, 3.8) is 0 Å². The van der Waals surface area contributed by atoms with Crippen molar-refractivity contribution in [3.05, 3.63) is 0 Å². The van der Waals surface area contributed by atoms with E-state index in [1.807, 2.05) is 0 Å². The molecule has 0 aliphatic heterocycles. The lowest BCUT2D eigenvalue weighted by molar-refractivity contribution is -0.131. The zero-order chi connectivity index (χ0) is 16.2. The lowest BCUT2D eigenvalue weighted by atomic mass is 9.44. The molecule has 0 radical (unpaired) electrons. The normalized spacial score (nSPS) is 54.5. The maximum absolute atomic E-state index is 10.4. The van der Waals surface area contributed by atoms with Crippen LogP contribution in [0.2, 0.25) is 0 Å². The van der Waals surface area contributed by atoms with Gasteiger partial charge in [0.05, 0.1) is 6.10 Å². The number of rotatable bonds is 1. The van der Waals surface area contributed by atoms with Gasteiger partial charge in [-0.15, -0.1) is 0 Å². The molecule has 0 spiro atoms. The first kappa shape index (κ1) is 16.4. The second-order valence-electron chi connectivity index (χ2n) is 10.2. The van der Waals surface area contributed by atoms with Gasteiger partial charge in [-0.25, -0.2) is 0 Å². The van der Waals surface area contributed by atoms with Crippen molar-refractivity contribution in [3.8, 4) is 0 Å². The Kier molecular flexibility index (Phi) is 4.32. The van der Waals surface area contributed by atoms with E-state index in [1.165, 1.54) is 64.2 Å². The van der Waals surface area contributed by atoms with Gasteiger partial charge in [-0.2, -0.15) is 0 Å². The summed E-state index contributed by atoms with van der Waals surface area (Å²) in [6.45, 7) is 7.10. The predicted octanol–water partition coefficient (Wildman–Crippen LogP) is 5.66. The van der Waals surface area contributed by atoms with Crippen LogP contribution in [0.4, 0.5) is 0 Å². The van der Waals surface area contributed by atoms with E-state index in [9.17, 15) is 5.11 Å². The maximum Gasteiger partial charge on any atom is 0.0545 e. The van der Waals surface area contributed by atoms with Crippen LogP contribution in [0.15, 0.2) is 0 Å². The molecule has 1 nitrogen and oxygen atoms in total. The average Bonchev–Trinajstić information content (AvgIpc) is 2.52. The van der Waals surface area contributed by atoms with Gasteiger partial charge in [0.2, 0.25) is 0 Å². The van der Waals surface area contributed by atoms with Gasteiger partial charge in [-0.05, 0) is 105 Å². The molecule has 0 bridgehead atoms. The Hall–Kier alpha value is -0.0400. The second kappa shape index (κ2) is 6.04. The molecule has 0 amide bonds. The molecule has 0 aromatic heterocycles. The Morgan fingerprint density at radius 1 is 0.913 bits per heavy atom. The SMILES string of the molecule is CC1CCC2C(CCC3C2CCC2(C)C(C(C)O)CCCC32)C1. The molecule has 4 fully saturated rings. The molecule has 0 saturated heterocycles. The molecule has 23 heavy (non-hydrogen) atoms. The molecule has 0 aromatic rings. The van der Waals surface area contributed by atoms with Gasteiger partial charge in [-0.1, -0.05) is 26.7 Å². The van der Waals surface area contributed by atoms with Crippen molar-refractivity contribution in [1.29, 1.82) is 0 Å². The molecule has 1 N–H and O–H groups in total. The van der Waals surface area contributed by atoms with Crippen molar-refractivity contribution < 1.29 is 5.11 Å². The van der Waals surface area contributed by atoms with Gasteiger partial charge in [0.15, 0.2) is 0 Å². The quantitative estimate of drug-likeness (QED) is 0.661. The Balaban J connectivity index is 1.57. The van der Waals surface area contributed by atoms with E-state index in [0.717, 1.165) is 35.5 Å². The molecular formula is C22H38O. The van der Waals surface area contributed by atoms with E-state index in [2.05, 4.69) is 20.8 Å². The third-order valence-electron chi connectivity index (χ3n) is 9.11. The van der Waals surface area contributed by atoms with Gasteiger partial charge >= 0.3 is 0 Å². The van der Waals surface area contributed by atoms with E-state index in [0.29, 0.717) is 11.3 Å². The minimum Gasteiger partial charge on any atom is -0.393 e. The smallest absolute Gasteiger partial charge is 0.0545 e. The largest absolute Gasteiger partial charge is 0.393 e. The average molecular weight is 319 g/mol. The van der Waals surface area contributed by atoms with Gasteiger partial charge in [0.1, 0.15) is 0 Å². The van der Waals surface area contributed by atoms with Crippen molar-refractivity contribution >= 4 is 0 Å². The van der Waals surface area contributed by atoms with Crippen LogP contribution in [-0.2, 0) is 0 Å².